The Kier molecular flexibility index (Phi) is 11.8. The SMILES string of the molecule is CCCCCC(=O)OC(CCC)OC(=O)NCCC(C(=O)O)c1ccc(Cl)cc1. The molecular weight excluding hydrogens is 398 g/mol. The maximum atomic E-state index is 12.0. The Morgan fingerprint density at radius 3 is 2.31 bits per heavy atom. The van der Waals surface area contributed by atoms with Gasteiger partial charge >= 0.3 is 18.0 Å². The van der Waals surface area contributed by atoms with Gasteiger partial charge in [0.25, 0.3) is 0 Å². The molecule has 0 aliphatic heterocycles. The van der Waals surface area contributed by atoms with E-state index in [0.717, 1.165) is 19.3 Å². The topological polar surface area (TPSA) is 102 Å². The molecule has 0 heterocycles. The molecule has 0 spiro atoms. The van der Waals surface area contributed by atoms with Crippen LogP contribution in [-0.4, -0.2) is 36.0 Å². The molecule has 2 N–H and O–H groups in total. The fourth-order valence-corrected chi connectivity index (χ4v) is 2.84. The van der Waals surface area contributed by atoms with Gasteiger partial charge in [0.2, 0.25) is 6.29 Å². The molecule has 0 aliphatic carbocycles. The predicted molar refractivity (Wildman–Crippen MR) is 110 cm³/mol. The van der Waals surface area contributed by atoms with E-state index in [1.54, 1.807) is 24.3 Å². The van der Waals surface area contributed by atoms with Gasteiger partial charge < -0.3 is 19.9 Å². The van der Waals surface area contributed by atoms with Crippen LogP contribution >= 0.6 is 11.6 Å². The molecule has 0 aromatic heterocycles. The summed E-state index contributed by atoms with van der Waals surface area (Å²) in [6.07, 6.45) is 2.53. The number of carboxylic acids is 1. The lowest BCUT2D eigenvalue weighted by molar-refractivity contribution is -0.169. The minimum absolute atomic E-state index is 0.0989. The van der Waals surface area contributed by atoms with E-state index in [9.17, 15) is 19.5 Å². The number of amides is 1. The average Bonchev–Trinajstić information content (AvgIpc) is 2.66. The number of aliphatic carboxylic acids is 1. The first-order chi connectivity index (χ1) is 13.9. The van der Waals surface area contributed by atoms with Gasteiger partial charge in [-0.05, 0) is 37.0 Å². The van der Waals surface area contributed by atoms with E-state index in [-0.39, 0.29) is 13.0 Å². The molecule has 162 valence electrons. The second-order valence-corrected chi connectivity index (χ2v) is 7.16. The molecule has 1 rings (SSSR count). The van der Waals surface area contributed by atoms with Crippen molar-refractivity contribution in [2.24, 2.45) is 0 Å². The summed E-state index contributed by atoms with van der Waals surface area (Å²) < 4.78 is 10.4. The van der Waals surface area contributed by atoms with Gasteiger partial charge in [-0.25, -0.2) is 4.79 Å². The van der Waals surface area contributed by atoms with E-state index in [1.165, 1.54) is 0 Å². The third-order valence-corrected chi connectivity index (χ3v) is 4.54. The van der Waals surface area contributed by atoms with Crippen LogP contribution in [0.15, 0.2) is 24.3 Å². The summed E-state index contributed by atoms with van der Waals surface area (Å²) in [5.74, 6) is -2.17. The highest BCUT2D eigenvalue weighted by Crippen LogP contribution is 2.21. The van der Waals surface area contributed by atoms with Gasteiger partial charge in [-0.15, -0.1) is 0 Å². The van der Waals surface area contributed by atoms with Gasteiger partial charge in [0.05, 0.1) is 5.92 Å². The van der Waals surface area contributed by atoms with E-state index in [1.807, 2.05) is 13.8 Å². The van der Waals surface area contributed by atoms with Crippen molar-refractivity contribution in [3.8, 4) is 0 Å². The van der Waals surface area contributed by atoms with Gasteiger partial charge in [-0.3, -0.25) is 9.59 Å². The maximum Gasteiger partial charge on any atom is 0.410 e. The number of unbranched alkanes of at least 4 members (excludes halogenated alkanes) is 2. The Morgan fingerprint density at radius 2 is 1.72 bits per heavy atom. The van der Waals surface area contributed by atoms with Crippen LogP contribution in [0, 0.1) is 0 Å². The molecule has 0 bridgehead atoms. The second kappa shape index (κ2) is 13.8. The number of carboxylic acid groups (broad SMARTS) is 1. The fourth-order valence-electron chi connectivity index (χ4n) is 2.71. The number of alkyl carbamates (subject to hydrolysis) is 1. The first-order valence-corrected chi connectivity index (χ1v) is 10.4. The molecule has 8 heteroatoms. The zero-order valence-corrected chi connectivity index (χ0v) is 17.7. The fraction of sp³-hybridized carbons (Fsp3) is 0.571. The number of esters is 1. The van der Waals surface area contributed by atoms with Crippen LogP contribution in [0.1, 0.15) is 70.3 Å². The molecule has 0 saturated heterocycles. The van der Waals surface area contributed by atoms with E-state index in [2.05, 4.69) is 5.32 Å². The van der Waals surface area contributed by atoms with Crippen molar-refractivity contribution < 1.29 is 29.0 Å². The number of carbonyl (C=O) groups excluding carboxylic acids is 2. The molecule has 2 unspecified atom stereocenters. The zero-order chi connectivity index (χ0) is 21.6. The van der Waals surface area contributed by atoms with Gasteiger partial charge in [-0.2, -0.15) is 0 Å². The predicted octanol–water partition coefficient (Wildman–Crippen LogP) is 4.87. The van der Waals surface area contributed by atoms with Crippen molar-refractivity contribution >= 4 is 29.6 Å². The first-order valence-electron chi connectivity index (χ1n) is 9.99. The molecule has 2 atom stereocenters. The number of rotatable bonds is 13. The zero-order valence-electron chi connectivity index (χ0n) is 17.0. The Hall–Kier alpha value is -2.28. The molecule has 0 radical (unpaired) electrons. The summed E-state index contributed by atoms with van der Waals surface area (Å²) in [7, 11) is 0. The highest BCUT2D eigenvalue weighted by atomic mass is 35.5. The van der Waals surface area contributed by atoms with Crippen LogP contribution in [0.2, 0.25) is 5.02 Å². The van der Waals surface area contributed by atoms with Gasteiger partial charge in [0.15, 0.2) is 0 Å². The molecule has 0 aliphatic rings. The number of benzene rings is 1. The third kappa shape index (κ3) is 10.2. The van der Waals surface area contributed by atoms with Crippen LogP contribution in [0.4, 0.5) is 4.79 Å². The van der Waals surface area contributed by atoms with E-state index >= 15 is 0 Å². The number of nitrogens with one attached hydrogen (secondary N) is 1. The third-order valence-electron chi connectivity index (χ3n) is 4.28. The van der Waals surface area contributed by atoms with Crippen molar-refractivity contribution in [1.29, 1.82) is 0 Å². The van der Waals surface area contributed by atoms with Crippen LogP contribution in [0.25, 0.3) is 0 Å². The van der Waals surface area contributed by atoms with E-state index < -0.39 is 30.2 Å². The number of ether oxygens (including phenoxy) is 2. The van der Waals surface area contributed by atoms with E-state index in [0.29, 0.717) is 29.8 Å². The minimum atomic E-state index is -0.993. The van der Waals surface area contributed by atoms with Gasteiger partial charge in [0.1, 0.15) is 0 Å². The standard InChI is InChI=1S/C21H30ClNO6/c1-3-5-6-8-18(24)28-19(7-4-2)29-21(27)23-14-13-17(20(25)26)15-9-11-16(22)12-10-15/h9-12,17,19H,3-8,13-14H2,1-2H3,(H,23,27)(H,25,26). The van der Waals surface area contributed by atoms with Crippen molar-refractivity contribution in [2.45, 2.75) is 71.0 Å². The lowest BCUT2D eigenvalue weighted by atomic mass is 9.96. The Bertz CT molecular complexity index is 649. The lowest BCUT2D eigenvalue weighted by Gasteiger charge is -2.19. The first kappa shape index (κ1) is 24.8. The summed E-state index contributed by atoms with van der Waals surface area (Å²) in [6.45, 7) is 4.03. The van der Waals surface area contributed by atoms with Crippen LogP contribution in [-0.2, 0) is 19.1 Å². The average molecular weight is 428 g/mol. The van der Waals surface area contributed by atoms with Crippen molar-refractivity contribution in [3.05, 3.63) is 34.9 Å². The molecule has 1 aromatic rings. The number of hydrogen-bond donors (Lipinski definition) is 2. The largest absolute Gasteiger partial charge is 0.481 e. The highest BCUT2D eigenvalue weighted by molar-refractivity contribution is 6.30. The van der Waals surface area contributed by atoms with Gasteiger partial charge in [-0.1, -0.05) is 50.4 Å². The van der Waals surface area contributed by atoms with E-state index in [4.69, 9.17) is 21.1 Å². The minimum Gasteiger partial charge on any atom is -0.481 e. The summed E-state index contributed by atoms with van der Waals surface area (Å²) in [6, 6.07) is 6.54. The van der Waals surface area contributed by atoms with Gasteiger partial charge in [0, 0.05) is 24.4 Å². The second-order valence-electron chi connectivity index (χ2n) is 6.73. The Morgan fingerprint density at radius 1 is 1.03 bits per heavy atom. The quantitative estimate of drug-likeness (QED) is 0.264. The molecule has 1 amide bonds. The molecular formula is C21H30ClNO6. The normalized spacial score (nSPS) is 12.7. The Labute approximate surface area is 176 Å². The van der Waals surface area contributed by atoms with Crippen LogP contribution < -0.4 is 5.32 Å². The molecule has 1 aromatic carbocycles. The van der Waals surface area contributed by atoms with Crippen LogP contribution in [0.3, 0.4) is 0 Å². The molecule has 0 saturated carbocycles. The Balaban J connectivity index is 2.48. The molecule has 0 fully saturated rings. The summed E-state index contributed by atoms with van der Waals surface area (Å²) in [4.78, 5) is 35.4. The summed E-state index contributed by atoms with van der Waals surface area (Å²) in [5.41, 5.74) is 0.599. The number of halogens is 1. The summed E-state index contributed by atoms with van der Waals surface area (Å²) >= 11 is 5.83. The summed E-state index contributed by atoms with van der Waals surface area (Å²) in [5, 5.41) is 12.5. The number of carbonyl (C=O) groups is 3. The highest BCUT2D eigenvalue weighted by Gasteiger charge is 2.21. The van der Waals surface area contributed by atoms with Crippen molar-refractivity contribution in [3.63, 3.8) is 0 Å². The monoisotopic (exact) mass is 427 g/mol. The molecule has 29 heavy (non-hydrogen) atoms. The van der Waals surface area contributed by atoms with Crippen molar-refractivity contribution in [2.75, 3.05) is 6.54 Å². The maximum absolute atomic E-state index is 12.0. The van der Waals surface area contributed by atoms with Crippen LogP contribution in [0.5, 0.6) is 0 Å². The smallest absolute Gasteiger partial charge is 0.410 e. The van der Waals surface area contributed by atoms with Crippen molar-refractivity contribution in [1.82, 2.24) is 5.32 Å². The number of hydrogen-bond acceptors (Lipinski definition) is 5. The molecule has 7 nitrogen and oxygen atoms in total. The lowest BCUT2D eigenvalue weighted by Crippen LogP contribution is -2.33.